The van der Waals surface area contributed by atoms with E-state index in [0.29, 0.717) is 47.2 Å². The molecule has 1 aliphatic heterocycles. The summed E-state index contributed by atoms with van der Waals surface area (Å²) in [6.07, 6.45) is 4.86. The minimum Gasteiger partial charge on any atom is -0.382 e. The van der Waals surface area contributed by atoms with Crippen molar-refractivity contribution in [3.8, 4) is 28.2 Å². The lowest BCUT2D eigenvalue weighted by atomic mass is 9.92. The van der Waals surface area contributed by atoms with Gasteiger partial charge in [0.15, 0.2) is 5.82 Å². The molecule has 50 heavy (non-hydrogen) atoms. The monoisotopic (exact) mass is 666 g/mol. The smallest absolute Gasteiger partial charge is 0.268 e. The van der Waals surface area contributed by atoms with Gasteiger partial charge in [0.1, 0.15) is 17.4 Å². The van der Waals surface area contributed by atoms with Crippen molar-refractivity contribution in [1.29, 1.82) is 0 Å². The average Bonchev–Trinajstić information content (AvgIpc) is 3.53. The number of aryl methyl sites for hydroxylation is 1. The number of para-hydroxylation sites is 1. The number of carbonyl (C=O) groups excluding carboxylic acids is 2. The van der Waals surface area contributed by atoms with E-state index in [2.05, 4.69) is 26.4 Å². The molecule has 11 heteroatoms. The van der Waals surface area contributed by atoms with Gasteiger partial charge < -0.3 is 16.0 Å². The number of piperidine rings is 1. The molecule has 4 aromatic heterocycles. The molecule has 1 fully saturated rings. The summed E-state index contributed by atoms with van der Waals surface area (Å²) >= 11 is 0. The van der Waals surface area contributed by atoms with Gasteiger partial charge in [0.25, 0.3) is 11.5 Å². The molecule has 0 unspecified atom stereocenters. The summed E-state index contributed by atoms with van der Waals surface area (Å²) in [5.41, 5.74) is 12.8. The summed E-state index contributed by atoms with van der Waals surface area (Å²) in [7, 11) is 0. The minimum absolute atomic E-state index is 0.00271. The van der Waals surface area contributed by atoms with E-state index in [9.17, 15) is 14.4 Å². The second-order valence-corrected chi connectivity index (χ2v) is 13.0. The van der Waals surface area contributed by atoms with Crippen LogP contribution in [-0.2, 0) is 4.79 Å². The number of nitrogens with zero attached hydrogens (tertiary/aromatic N) is 6. The number of benzene rings is 2. The van der Waals surface area contributed by atoms with Crippen LogP contribution in [0.4, 0.5) is 11.5 Å². The number of rotatable bonds is 7. The van der Waals surface area contributed by atoms with Crippen LogP contribution in [0.3, 0.4) is 0 Å². The Labute approximate surface area is 289 Å². The van der Waals surface area contributed by atoms with E-state index in [1.54, 1.807) is 30.5 Å². The molecule has 0 atom stereocenters. The Balaban J connectivity index is 1.16. The highest BCUT2D eigenvalue weighted by Gasteiger charge is 2.28. The lowest BCUT2D eigenvalue weighted by Crippen LogP contribution is -2.40. The first-order valence-corrected chi connectivity index (χ1v) is 16.8. The first-order valence-electron chi connectivity index (χ1n) is 16.8. The molecule has 0 aliphatic carbocycles. The molecule has 0 spiro atoms. The van der Waals surface area contributed by atoms with Crippen LogP contribution in [-0.4, -0.2) is 54.0 Å². The molecule has 0 radical (unpaired) electrons. The number of carbonyl (C=O) groups is 2. The predicted molar refractivity (Wildman–Crippen MR) is 194 cm³/mol. The number of fused-ring (bicyclic) bond motifs is 1. The number of hydrogen-bond acceptors (Lipinski definition) is 7. The Kier molecular flexibility index (Phi) is 8.71. The van der Waals surface area contributed by atoms with Crippen LogP contribution in [0.25, 0.3) is 33.7 Å². The van der Waals surface area contributed by atoms with Crippen LogP contribution >= 0.6 is 0 Å². The maximum Gasteiger partial charge on any atom is 0.268 e. The Bertz CT molecular complexity index is 2250. The lowest BCUT2D eigenvalue weighted by molar-refractivity contribution is -0.135. The fourth-order valence-corrected chi connectivity index (χ4v) is 6.66. The number of pyridine rings is 2. The first-order chi connectivity index (χ1) is 24.2. The van der Waals surface area contributed by atoms with Crippen LogP contribution in [0.2, 0.25) is 0 Å². The number of nitrogens with two attached hydrogens (primary N) is 1. The molecular weight excluding hydrogens is 628 g/mol. The van der Waals surface area contributed by atoms with Crippen molar-refractivity contribution in [2.45, 2.75) is 39.5 Å². The number of nitrogens with one attached hydrogen (secondary N) is 1. The van der Waals surface area contributed by atoms with E-state index in [1.807, 2.05) is 84.8 Å². The largest absolute Gasteiger partial charge is 0.382 e. The number of nitrogen functional groups attached to an aromatic ring is 1. The number of aromatic nitrogens is 5. The van der Waals surface area contributed by atoms with Gasteiger partial charge in [-0.3, -0.25) is 23.9 Å². The second-order valence-electron chi connectivity index (χ2n) is 13.0. The van der Waals surface area contributed by atoms with E-state index in [-0.39, 0.29) is 23.3 Å². The highest BCUT2D eigenvalue weighted by Crippen LogP contribution is 2.37. The normalized spacial score (nSPS) is 13.6. The van der Waals surface area contributed by atoms with Gasteiger partial charge >= 0.3 is 0 Å². The van der Waals surface area contributed by atoms with Crippen molar-refractivity contribution in [3.05, 3.63) is 125 Å². The highest BCUT2D eigenvalue weighted by molar-refractivity contribution is 6.04. The quantitative estimate of drug-likeness (QED) is 0.209. The highest BCUT2D eigenvalue weighted by atomic mass is 16.2. The van der Waals surface area contributed by atoms with Crippen molar-refractivity contribution in [1.82, 2.24) is 29.0 Å². The van der Waals surface area contributed by atoms with E-state index < -0.39 is 11.5 Å². The van der Waals surface area contributed by atoms with Gasteiger partial charge in [-0.25, -0.2) is 9.50 Å². The fraction of sp³-hybridized carbons (Fsp3) is 0.231. The molecule has 1 aliphatic rings. The van der Waals surface area contributed by atoms with Gasteiger partial charge in [0.05, 0.1) is 11.4 Å². The van der Waals surface area contributed by atoms with Crippen LogP contribution < -0.4 is 16.6 Å². The summed E-state index contributed by atoms with van der Waals surface area (Å²) in [5, 5.41) is 7.45. The maximum atomic E-state index is 13.9. The summed E-state index contributed by atoms with van der Waals surface area (Å²) in [5.74, 6) is 0.204. The van der Waals surface area contributed by atoms with Crippen LogP contribution in [0, 0.1) is 12.8 Å². The molecule has 6 aromatic rings. The van der Waals surface area contributed by atoms with Gasteiger partial charge in [0, 0.05) is 53.8 Å². The molecule has 0 saturated carbocycles. The SMILES string of the molecule is Cc1ccc(-c2ccc(C(=O)Nc3ccc(-c4cc(C5CCN(C(=O)C(C)C)CC5)n5ncnc(N)c45)cc3)c(=O)n2-c2ccccc2)nc1. The zero-order valence-electron chi connectivity index (χ0n) is 28.2. The van der Waals surface area contributed by atoms with Gasteiger partial charge in [0.2, 0.25) is 5.91 Å². The predicted octanol–water partition coefficient (Wildman–Crippen LogP) is 6.11. The third-order valence-electron chi connectivity index (χ3n) is 9.30. The van der Waals surface area contributed by atoms with Gasteiger partial charge in [-0.15, -0.1) is 0 Å². The molecule has 3 N–H and O–H groups in total. The van der Waals surface area contributed by atoms with Crippen molar-refractivity contribution in [3.63, 3.8) is 0 Å². The Morgan fingerprint density at radius 3 is 2.34 bits per heavy atom. The summed E-state index contributed by atoms with van der Waals surface area (Å²) in [6, 6.07) is 25.8. The molecule has 7 rings (SSSR count). The van der Waals surface area contributed by atoms with E-state index >= 15 is 0 Å². The molecule has 2 amide bonds. The Hall–Kier alpha value is -6.10. The molecule has 0 bridgehead atoms. The van der Waals surface area contributed by atoms with Gasteiger partial charge in [-0.2, -0.15) is 5.10 Å². The molecule has 252 valence electrons. The number of anilines is 2. The maximum absolute atomic E-state index is 13.9. The summed E-state index contributed by atoms with van der Waals surface area (Å²) < 4.78 is 3.38. The topological polar surface area (TPSA) is 141 Å². The number of likely N-dealkylation sites (tertiary alicyclic amines) is 1. The van der Waals surface area contributed by atoms with Crippen LogP contribution in [0.5, 0.6) is 0 Å². The van der Waals surface area contributed by atoms with E-state index in [1.165, 1.54) is 10.9 Å². The second kappa shape index (κ2) is 13.4. The van der Waals surface area contributed by atoms with Crippen molar-refractivity contribution in [2.75, 3.05) is 24.1 Å². The molecule has 1 saturated heterocycles. The van der Waals surface area contributed by atoms with Crippen molar-refractivity contribution < 1.29 is 9.59 Å². The Morgan fingerprint density at radius 2 is 1.66 bits per heavy atom. The fourth-order valence-electron chi connectivity index (χ4n) is 6.66. The lowest BCUT2D eigenvalue weighted by Gasteiger charge is -2.33. The van der Waals surface area contributed by atoms with Crippen molar-refractivity contribution >= 4 is 28.8 Å². The average molecular weight is 667 g/mol. The molecule has 5 heterocycles. The Morgan fingerprint density at radius 1 is 0.920 bits per heavy atom. The van der Waals surface area contributed by atoms with E-state index in [0.717, 1.165) is 35.2 Å². The number of hydrogen-bond donors (Lipinski definition) is 2. The summed E-state index contributed by atoms with van der Waals surface area (Å²) in [6.45, 7) is 7.21. The third kappa shape index (κ3) is 6.13. The van der Waals surface area contributed by atoms with Crippen LogP contribution in [0.15, 0.2) is 102 Å². The zero-order valence-corrected chi connectivity index (χ0v) is 28.2. The van der Waals surface area contributed by atoms with E-state index in [4.69, 9.17) is 5.73 Å². The molecule has 11 nitrogen and oxygen atoms in total. The zero-order chi connectivity index (χ0) is 34.9. The third-order valence-corrected chi connectivity index (χ3v) is 9.30. The number of amides is 2. The molecular formula is C39H38N8O3. The summed E-state index contributed by atoms with van der Waals surface area (Å²) in [4.78, 5) is 50.8. The first kappa shape index (κ1) is 32.4. The standard InChI is InChI=1S/C39H38N8O3/c1-24(2)38(49)45-19-17-27(18-20-45)34-21-31(35-36(40)42-23-43-47(34)35)26-10-12-28(13-11-26)44-37(48)30-14-16-33(32-15-9-25(3)22-41-32)46(39(30)50)29-7-5-4-6-8-29/h4-16,21-24,27H,17-20H2,1-3H3,(H,44,48)(H2,40,42,43). The van der Waals surface area contributed by atoms with Crippen molar-refractivity contribution in [2.24, 2.45) is 5.92 Å². The molecule has 2 aromatic carbocycles. The van der Waals surface area contributed by atoms with Gasteiger partial charge in [-0.1, -0.05) is 50.2 Å². The van der Waals surface area contributed by atoms with Crippen LogP contribution in [0.1, 0.15) is 54.2 Å². The minimum atomic E-state index is -0.521. The van der Waals surface area contributed by atoms with Gasteiger partial charge in [-0.05, 0) is 79.4 Å².